The summed E-state index contributed by atoms with van der Waals surface area (Å²) in [5.74, 6) is 0.507. The van der Waals surface area contributed by atoms with Crippen molar-refractivity contribution in [3.8, 4) is 0 Å². The van der Waals surface area contributed by atoms with Crippen molar-refractivity contribution in [1.82, 2.24) is 5.32 Å². The molecule has 0 aromatic heterocycles. The summed E-state index contributed by atoms with van der Waals surface area (Å²) in [4.78, 5) is 12.1. The van der Waals surface area contributed by atoms with Crippen LogP contribution in [0.5, 0.6) is 0 Å². The number of nitrogens with one attached hydrogen (secondary N) is 2. The molecule has 2 unspecified atom stereocenters. The maximum absolute atomic E-state index is 12.1. The van der Waals surface area contributed by atoms with E-state index in [0.29, 0.717) is 40.2 Å². The van der Waals surface area contributed by atoms with E-state index in [1.54, 1.807) is 18.2 Å². The lowest BCUT2D eigenvalue weighted by atomic mass is 9.89. The summed E-state index contributed by atoms with van der Waals surface area (Å²) in [7, 11) is 0. The van der Waals surface area contributed by atoms with Crippen LogP contribution in [0.15, 0.2) is 18.2 Å². The van der Waals surface area contributed by atoms with Gasteiger partial charge in [-0.25, -0.2) is 0 Å². The molecule has 3 rings (SSSR count). The third kappa shape index (κ3) is 3.11. The lowest BCUT2D eigenvalue weighted by molar-refractivity contribution is -0.117. The molecule has 2 aliphatic rings. The predicted molar refractivity (Wildman–Crippen MR) is 82.4 cm³/mol. The Bertz CT molecular complexity index is 509. The molecule has 2 bridgehead atoms. The van der Waals surface area contributed by atoms with Crippen molar-refractivity contribution in [2.45, 2.75) is 44.2 Å². The van der Waals surface area contributed by atoms with E-state index in [-0.39, 0.29) is 5.91 Å². The summed E-state index contributed by atoms with van der Waals surface area (Å²) >= 11 is 12.0. The van der Waals surface area contributed by atoms with E-state index in [0.717, 1.165) is 12.8 Å². The average Bonchev–Trinajstić information content (AvgIpc) is 2.74. The van der Waals surface area contributed by atoms with Crippen molar-refractivity contribution in [2.75, 3.05) is 5.32 Å². The quantitative estimate of drug-likeness (QED) is 0.890. The molecule has 2 atom stereocenters. The molecular formula is C15H18Cl2N2O. The minimum Gasteiger partial charge on any atom is -0.325 e. The summed E-state index contributed by atoms with van der Waals surface area (Å²) in [6.45, 7) is 0. The highest BCUT2D eigenvalue weighted by atomic mass is 35.5. The summed E-state index contributed by atoms with van der Waals surface area (Å²) in [6, 6.07) is 6.50. The van der Waals surface area contributed by atoms with Crippen LogP contribution in [0.25, 0.3) is 0 Å². The Balaban J connectivity index is 1.58. The van der Waals surface area contributed by atoms with Crippen molar-refractivity contribution in [2.24, 2.45) is 5.92 Å². The third-order valence-electron chi connectivity index (χ3n) is 4.27. The van der Waals surface area contributed by atoms with Crippen LogP contribution in [0, 0.1) is 5.92 Å². The number of amides is 1. The number of fused-ring (bicyclic) bond motifs is 2. The van der Waals surface area contributed by atoms with Gasteiger partial charge in [0.1, 0.15) is 0 Å². The van der Waals surface area contributed by atoms with Gasteiger partial charge in [-0.1, -0.05) is 29.3 Å². The van der Waals surface area contributed by atoms with E-state index >= 15 is 0 Å². The second-order valence-electron chi connectivity index (χ2n) is 5.83. The van der Waals surface area contributed by atoms with Crippen molar-refractivity contribution in [3.05, 3.63) is 28.2 Å². The SMILES string of the molecule is O=C(CC1CC2CCC(C1)N2)Nc1cccc(Cl)c1Cl. The van der Waals surface area contributed by atoms with Crippen LogP contribution in [0.3, 0.4) is 0 Å². The Hall–Kier alpha value is -0.770. The first-order valence-electron chi connectivity index (χ1n) is 7.11. The molecule has 0 aliphatic carbocycles. The zero-order chi connectivity index (χ0) is 14.1. The number of hydrogen-bond donors (Lipinski definition) is 2. The van der Waals surface area contributed by atoms with Gasteiger partial charge in [0, 0.05) is 18.5 Å². The molecule has 0 radical (unpaired) electrons. The smallest absolute Gasteiger partial charge is 0.224 e. The lowest BCUT2D eigenvalue weighted by Gasteiger charge is -2.28. The van der Waals surface area contributed by atoms with E-state index in [1.807, 2.05) is 0 Å². The van der Waals surface area contributed by atoms with Crippen LogP contribution >= 0.6 is 23.2 Å². The summed E-state index contributed by atoms with van der Waals surface area (Å²) in [6.07, 6.45) is 5.28. The molecule has 5 heteroatoms. The van der Waals surface area contributed by atoms with Gasteiger partial charge in [0.25, 0.3) is 0 Å². The van der Waals surface area contributed by atoms with Gasteiger partial charge < -0.3 is 10.6 Å². The van der Waals surface area contributed by atoms with Gasteiger partial charge in [-0.2, -0.15) is 0 Å². The molecule has 20 heavy (non-hydrogen) atoms. The Morgan fingerprint density at radius 3 is 2.65 bits per heavy atom. The van der Waals surface area contributed by atoms with Crippen LogP contribution < -0.4 is 10.6 Å². The molecular weight excluding hydrogens is 295 g/mol. The molecule has 1 aromatic rings. The topological polar surface area (TPSA) is 41.1 Å². The second kappa shape index (κ2) is 5.92. The number of hydrogen-bond acceptors (Lipinski definition) is 2. The summed E-state index contributed by atoms with van der Waals surface area (Å²) in [5, 5.41) is 7.33. The van der Waals surface area contributed by atoms with Gasteiger partial charge in [0.05, 0.1) is 15.7 Å². The zero-order valence-corrected chi connectivity index (χ0v) is 12.7. The second-order valence-corrected chi connectivity index (χ2v) is 6.61. The summed E-state index contributed by atoms with van der Waals surface area (Å²) in [5.41, 5.74) is 0.598. The van der Waals surface area contributed by atoms with Crippen LogP contribution in [0.4, 0.5) is 5.69 Å². The Labute approximate surface area is 129 Å². The number of halogens is 2. The van der Waals surface area contributed by atoms with Crippen molar-refractivity contribution >= 4 is 34.8 Å². The van der Waals surface area contributed by atoms with Crippen LogP contribution in [0.2, 0.25) is 10.0 Å². The van der Waals surface area contributed by atoms with Gasteiger partial charge in [-0.05, 0) is 43.7 Å². The molecule has 1 amide bonds. The third-order valence-corrected chi connectivity index (χ3v) is 5.09. The standard InChI is InChI=1S/C15H18Cl2N2O/c16-12-2-1-3-13(15(12)17)19-14(20)8-9-6-10-4-5-11(7-9)18-10/h1-3,9-11,18H,4-8H2,(H,19,20). The van der Waals surface area contributed by atoms with E-state index < -0.39 is 0 Å². The Morgan fingerprint density at radius 1 is 1.25 bits per heavy atom. The van der Waals surface area contributed by atoms with Gasteiger partial charge in [-0.3, -0.25) is 4.79 Å². The maximum Gasteiger partial charge on any atom is 0.224 e. The van der Waals surface area contributed by atoms with Gasteiger partial charge in [0.15, 0.2) is 0 Å². The molecule has 0 spiro atoms. The lowest BCUT2D eigenvalue weighted by Crippen LogP contribution is -2.39. The normalized spacial score (nSPS) is 28.4. The molecule has 2 saturated heterocycles. The first-order valence-corrected chi connectivity index (χ1v) is 7.87. The molecule has 0 saturated carbocycles. The Kier molecular flexibility index (Phi) is 4.20. The van der Waals surface area contributed by atoms with E-state index in [9.17, 15) is 4.79 Å². The van der Waals surface area contributed by atoms with Gasteiger partial charge in [0.2, 0.25) is 5.91 Å². The Morgan fingerprint density at radius 2 is 1.95 bits per heavy atom. The fourth-order valence-electron chi connectivity index (χ4n) is 3.41. The molecule has 108 valence electrons. The number of benzene rings is 1. The van der Waals surface area contributed by atoms with E-state index in [2.05, 4.69) is 10.6 Å². The molecule has 1 aromatic carbocycles. The number of carbonyl (C=O) groups is 1. The van der Waals surface area contributed by atoms with E-state index in [4.69, 9.17) is 23.2 Å². The van der Waals surface area contributed by atoms with Crippen LogP contribution in [-0.4, -0.2) is 18.0 Å². The molecule has 2 fully saturated rings. The minimum absolute atomic E-state index is 0.0282. The number of rotatable bonds is 3. The number of carbonyl (C=O) groups excluding carboxylic acids is 1. The fraction of sp³-hybridized carbons (Fsp3) is 0.533. The molecule has 2 aliphatic heterocycles. The maximum atomic E-state index is 12.1. The molecule has 2 heterocycles. The first kappa shape index (κ1) is 14.2. The van der Waals surface area contributed by atoms with Crippen LogP contribution in [-0.2, 0) is 4.79 Å². The van der Waals surface area contributed by atoms with Crippen molar-refractivity contribution < 1.29 is 4.79 Å². The van der Waals surface area contributed by atoms with Gasteiger partial charge in [-0.15, -0.1) is 0 Å². The number of piperidine rings is 1. The fourth-order valence-corrected chi connectivity index (χ4v) is 3.75. The highest BCUT2D eigenvalue weighted by Gasteiger charge is 2.34. The minimum atomic E-state index is 0.0282. The zero-order valence-electron chi connectivity index (χ0n) is 11.2. The largest absolute Gasteiger partial charge is 0.325 e. The first-order chi connectivity index (χ1) is 9.61. The monoisotopic (exact) mass is 312 g/mol. The molecule has 2 N–H and O–H groups in total. The highest BCUT2D eigenvalue weighted by molar-refractivity contribution is 6.43. The molecule has 3 nitrogen and oxygen atoms in total. The summed E-state index contributed by atoms with van der Waals surface area (Å²) < 4.78 is 0. The van der Waals surface area contributed by atoms with Crippen LogP contribution in [0.1, 0.15) is 32.1 Å². The van der Waals surface area contributed by atoms with Crippen molar-refractivity contribution in [3.63, 3.8) is 0 Å². The van der Waals surface area contributed by atoms with Crippen molar-refractivity contribution in [1.29, 1.82) is 0 Å². The predicted octanol–water partition coefficient (Wildman–Crippen LogP) is 3.85. The average molecular weight is 313 g/mol. The number of anilines is 1. The van der Waals surface area contributed by atoms with Gasteiger partial charge >= 0.3 is 0 Å². The highest BCUT2D eigenvalue weighted by Crippen LogP contribution is 2.34. The van der Waals surface area contributed by atoms with E-state index in [1.165, 1.54) is 12.8 Å².